The number of carbonyl (C=O) groups is 2. The molecule has 0 fully saturated rings. The zero-order chi connectivity index (χ0) is 20.4. The molecule has 2 aromatic rings. The molecule has 0 heterocycles. The molecular formula is C20H22N2O6. The Kier molecular flexibility index (Phi) is 7.83. The lowest BCUT2D eigenvalue weighted by Gasteiger charge is -2.11. The molecule has 28 heavy (non-hydrogen) atoms. The summed E-state index contributed by atoms with van der Waals surface area (Å²) in [6.45, 7) is 2.28. The fourth-order valence-corrected chi connectivity index (χ4v) is 2.22. The average Bonchev–Trinajstić information content (AvgIpc) is 2.72. The van der Waals surface area contributed by atoms with Crippen LogP contribution in [0, 0.1) is 0 Å². The predicted molar refractivity (Wildman–Crippen MR) is 103 cm³/mol. The van der Waals surface area contributed by atoms with E-state index in [1.807, 2.05) is 0 Å². The summed E-state index contributed by atoms with van der Waals surface area (Å²) in [7, 11) is 2.87. The highest BCUT2D eigenvalue weighted by Gasteiger charge is 2.08. The first-order chi connectivity index (χ1) is 13.6. The van der Waals surface area contributed by atoms with Crippen molar-refractivity contribution in [1.82, 2.24) is 5.43 Å². The van der Waals surface area contributed by atoms with Crippen LogP contribution in [0.3, 0.4) is 0 Å². The molecule has 0 spiro atoms. The fraction of sp³-hybridized carbons (Fsp3) is 0.250. The van der Waals surface area contributed by atoms with Crippen molar-refractivity contribution in [3.05, 3.63) is 59.2 Å². The Labute approximate surface area is 163 Å². The molecule has 0 aliphatic carbocycles. The maximum absolute atomic E-state index is 11.5. The molecule has 0 unspecified atom stereocenters. The maximum atomic E-state index is 11.5. The van der Waals surface area contributed by atoms with Gasteiger partial charge in [0.15, 0.2) is 11.5 Å². The van der Waals surface area contributed by atoms with Crippen molar-refractivity contribution in [3.63, 3.8) is 0 Å². The Balaban J connectivity index is 1.99. The number of hydrazone groups is 1. The Morgan fingerprint density at radius 2 is 1.82 bits per heavy atom. The second-order valence-corrected chi connectivity index (χ2v) is 5.48. The number of nitrogens with zero attached hydrogens (tertiary/aromatic N) is 1. The lowest BCUT2D eigenvalue weighted by molar-refractivity contribution is 0.0600. The second-order valence-electron chi connectivity index (χ2n) is 5.48. The van der Waals surface area contributed by atoms with Crippen LogP contribution >= 0.6 is 0 Å². The monoisotopic (exact) mass is 386 g/mol. The third kappa shape index (κ3) is 6.01. The van der Waals surface area contributed by atoms with Gasteiger partial charge in [-0.25, -0.2) is 15.0 Å². The number of amides is 1. The van der Waals surface area contributed by atoms with E-state index in [0.29, 0.717) is 29.2 Å². The first-order valence-electron chi connectivity index (χ1n) is 8.51. The Bertz CT molecular complexity index is 833. The van der Waals surface area contributed by atoms with Crippen molar-refractivity contribution in [2.45, 2.75) is 13.5 Å². The van der Waals surface area contributed by atoms with E-state index in [0.717, 1.165) is 5.56 Å². The van der Waals surface area contributed by atoms with Gasteiger partial charge in [0.1, 0.15) is 6.61 Å². The summed E-state index contributed by atoms with van der Waals surface area (Å²) in [6.07, 6.45) is 0.846. The SMILES string of the molecule is CCOC(=O)N/N=C\c1ccc(OCc2ccc(C(=O)OC)cc2)c(OC)c1. The summed E-state index contributed by atoms with van der Waals surface area (Å²) in [5.74, 6) is 0.685. The smallest absolute Gasteiger partial charge is 0.427 e. The van der Waals surface area contributed by atoms with Crippen molar-refractivity contribution >= 4 is 18.3 Å². The van der Waals surface area contributed by atoms with Gasteiger partial charge < -0.3 is 18.9 Å². The van der Waals surface area contributed by atoms with Gasteiger partial charge in [0, 0.05) is 0 Å². The number of carbonyl (C=O) groups excluding carboxylic acids is 2. The molecule has 0 atom stereocenters. The van der Waals surface area contributed by atoms with E-state index in [4.69, 9.17) is 14.2 Å². The van der Waals surface area contributed by atoms with Gasteiger partial charge in [0.25, 0.3) is 0 Å². The van der Waals surface area contributed by atoms with Crippen LogP contribution in [0.5, 0.6) is 11.5 Å². The molecule has 0 saturated carbocycles. The van der Waals surface area contributed by atoms with Crippen LogP contribution in [0.15, 0.2) is 47.6 Å². The van der Waals surface area contributed by atoms with Gasteiger partial charge in [-0.3, -0.25) is 0 Å². The van der Waals surface area contributed by atoms with Gasteiger partial charge in [0.2, 0.25) is 0 Å². The molecule has 0 bridgehead atoms. The molecular weight excluding hydrogens is 364 g/mol. The predicted octanol–water partition coefficient (Wildman–Crippen LogP) is 3.14. The van der Waals surface area contributed by atoms with E-state index in [9.17, 15) is 9.59 Å². The van der Waals surface area contributed by atoms with Gasteiger partial charge in [-0.1, -0.05) is 12.1 Å². The topological polar surface area (TPSA) is 95.5 Å². The number of esters is 1. The fourth-order valence-electron chi connectivity index (χ4n) is 2.22. The number of benzene rings is 2. The number of hydrogen-bond donors (Lipinski definition) is 1. The molecule has 0 aliphatic heterocycles. The molecule has 0 radical (unpaired) electrons. The minimum Gasteiger partial charge on any atom is -0.493 e. The third-order valence-corrected chi connectivity index (χ3v) is 3.60. The highest BCUT2D eigenvalue weighted by atomic mass is 16.6. The minimum absolute atomic E-state index is 0.270. The van der Waals surface area contributed by atoms with E-state index in [1.165, 1.54) is 20.4 Å². The van der Waals surface area contributed by atoms with Crippen molar-refractivity contribution in [2.75, 3.05) is 20.8 Å². The molecule has 1 N–H and O–H groups in total. The van der Waals surface area contributed by atoms with Gasteiger partial charge >= 0.3 is 12.1 Å². The van der Waals surface area contributed by atoms with Crippen LogP contribution in [0.25, 0.3) is 0 Å². The Hall–Kier alpha value is -3.55. The summed E-state index contributed by atoms with van der Waals surface area (Å²) < 4.78 is 20.5. The molecule has 8 nitrogen and oxygen atoms in total. The molecule has 2 rings (SSSR count). The third-order valence-electron chi connectivity index (χ3n) is 3.60. The van der Waals surface area contributed by atoms with E-state index < -0.39 is 6.09 Å². The summed E-state index contributed by atoms with van der Waals surface area (Å²) in [4.78, 5) is 22.6. The van der Waals surface area contributed by atoms with Crippen LogP contribution in [0.2, 0.25) is 0 Å². The standard InChI is InChI=1S/C20H22N2O6/c1-4-27-20(24)22-21-12-15-7-10-17(18(11-15)25-2)28-13-14-5-8-16(9-6-14)19(23)26-3/h5-12H,4,13H2,1-3H3,(H,22,24)/b21-12-. The van der Waals surface area contributed by atoms with E-state index in [1.54, 1.807) is 49.4 Å². The van der Waals surface area contributed by atoms with E-state index in [2.05, 4.69) is 15.3 Å². The van der Waals surface area contributed by atoms with Crippen LogP contribution in [0.4, 0.5) is 4.79 Å². The number of rotatable bonds is 8. The van der Waals surface area contributed by atoms with Gasteiger partial charge in [-0.05, 0) is 48.4 Å². The molecule has 0 aromatic heterocycles. The van der Waals surface area contributed by atoms with Crippen LogP contribution in [0.1, 0.15) is 28.4 Å². The van der Waals surface area contributed by atoms with Crippen molar-refractivity contribution in [1.29, 1.82) is 0 Å². The zero-order valence-electron chi connectivity index (χ0n) is 15.9. The zero-order valence-corrected chi connectivity index (χ0v) is 15.9. The van der Waals surface area contributed by atoms with Crippen LogP contribution in [-0.2, 0) is 16.1 Å². The average molecular weight is 386 g/mol. The summed E-state index contributed by atoms with van der Waals surface area (Å²) >= 11 is 0. The highest BCUT2D eigenvalue weighted by Crippen LogP contribution is 2.28. The van der Waals surface area contributed by atoms with Gasteiger partial charge in [0.05, 0.1) is 32.6 Å². The number of hydrogen-bond acceptors (Lipinski definition) is 7. The van der Waals surface area contributed by atoms with Crippen molar-refractivity contribution in [3.8, 4) is 11.5 Å². The molecule has 0 saturated heterocycles. The quantitative estimate of drug-likeness (QED) is 0.425. The lowest BCUT2D eigenvalue weighted by Crippen LogP contribution is -2.18. The van der Waals surface area contributed by atoms with Gasteiger partial charge in [-0.2, -0.15) is 5.10 Å². The van der Waals surface area contributed by atoms with Crippen LogP contribution < -0.4 is 14.9 Å². The molecule has 0 aliphatic rings. The van der Waals surface area contributed by atoms with Crippen molar-refractivity contribution in [2.24, 2.45) is 5.10 Å². The number of nitrogens with one attached hydrogen (secondary N) is 1. The van der Waals surface area contributed by atoms with E-state index >= 15 is 0 Å². The normalized spacial score (nSPS) is 10.4. The van der Waals surface area contributed by atoms with Crippen LogP contribution in [-0.4, -0.2) is 39.1 Å². The van der Waals surface area contributed by atoms with E-state index in [-0.39, 0.29) is 12.6 Å². The molecule has 2 aromatic carbocycles. The molecule has 8 heteroatoms. The minimum atomic E-state index is -0.621. The highest BCUT2D eigenvalue weighted by molar-refractivity contribution is 5.89. The molecule has 1 amide bonds. The largest absolute Gasteiger partial charge is 0.493 e. The lowest BCUT2D eigenvalue weighted by atomic mass is 10.1. The first kappa shape index (κ1) is 20.8. The first-order valence-corrected chi connectivity index (χ1v) is 8.51. The maximum Gasteiger partial charge on any atom is 0.427 e. The summed E-state index contributed by atoms with van der Waals surface area (Å²) in [6, 6.07) is 12.2. The summed E-state index contributed by atoms with van der Waals surface area (Å²) in [5, 5.41) is 3.80. The number of methoxy groups -OCH3 is 2. The Morgan fingerprint density at radius 1 is 1.07 bits per heavy atom. The Morgan fingerprint density at radius 3 is 2.46 bits per heavy atom. The van der Waals surface area contributed by atoms with Crippen molar-refractivity contribution < 1.29 is 28.5 Å². The molecule has 148 valence electrons. The van der Waals surface area contributed by atoms with Gasteiger partial charge in [-0.15, -0.1) is 0 Å². The second kappa shape index (κ2) is 10.6. The number of ether oxygens (including phenoxy) is 4. The summed E-state index contributed by atoms with van der Waals surface area (Å²) in [5.41, 5.74) is 4.33.